The van der Waals surface area contributed by atoms with Crippen molar-refractivity contribution in [2.75, 3.05) is 25.2 Å². The maximum absolute atomic E-state index is 6.19. The molecule has 1 aromatic rings. The Hall–Kier alpha value is -0.870. The summed E-state index contributed by atoms with van der Waals surface area (Å²) in [6.07, 6.45) is 3.26. The van der Waals surface area contributed by atoms with Gasteiger partial charge in [-0.3, -0.25) is 0 Å². The molecule has 5 heteroatoms. The second-order valence-electron chi connectivity index (χ2n) is 4.65. The number of anilines is 1. The molecule has 4 nitrogen and oxygen atoms in total. The molecule has 1 aliphatic rings. The van der Waals surface area contributed by atoms with Crippen molar-refractivity contribution >= 4 is 17.4 Å². The van der Waals surface area contributed by atoms with Gasteiger partial charge in [0.05, 0.1) is 6.61 Å². The van der Waals surface area contributed by atoms with Crippen LogP contribution in [0.15, 0.2) is 0 Å². The smallest absolute Gasteiger partial charge is 0.137 e. The van der Waals surface area contributed by atoms with Crippen molar-refractivity contribution in [2.45, 2.75) is 39.2 Å². The number of aromatic nitrogens is 2. The van der Waals surface area contributed by atoms with Gasteiger partial charge in [0.2, 0.25) is 0 Å². The van der Waals surface area contributed by atoms with Crippen LogP contribution in [0.4, 0.5) is 5.82 Å². The fourth-order valence-corrected chi connectivity index (χ4v) is 2.18. The summed E-state index contributed by atoms with van der Waals surface area (Å²) in [6, 6.07) is 0.592. The van der Waals surface area contributed by atoms with E-state index in [0.717, 1.165) is 30.2 Å². The molecule has 1 fully saturated rings. The van der Waals surface area contributed by atoms with E-state index < -0.39 is 0 Å². The highest BCUT2D eigenvalue weighted by Crippen LogP contribution is 2.33. The molecule has 100 valence electrons. The Morgan fingerprint density at radius 2 is 2.11 bits per heavy atom. The molecule has 1 heterocycles. The average Bonchev–Trinajstić information content (AvgIpc) is 3.18. The lowest BCUT2D eigenvalue weighted by Gasteiger charge is -2.25. The van der Waals surface area contributed by atoms with Crippen LogP contribution in [0, 0.1) is 6.92 Å². The van der Waals surface area contributed by atoms with Crippen molar-refractivity contribution in [1.29, 1.82) is 0 Å². The fourth-order valence-electron chi connectivity index (χ4n) is 2.00. The Kier molecular flexibility index (Phi) is 4.40. The fraction of sp³-hybridized carbons (Fsp3) is 0.692. The van der Waals surface area contributed by atoms with E-state index in [-0.39, 0.29) is 0 Å². The van der Waals surface area contributed by atoms with Gasteiger partial charge in [-0.05, 0) is 19.8 Å². The topological polar surface area (TPSA) is 38.2 Å². The van der Waals surface area contributed by atoms with Gasteiger partial charge in [-0.1, -0.05) is 18.5 Å². The van der Waals surface area contributed by atoms with Crippen molar-refractivity contribution in [2.24, 2.45) is 0 Å². The standard InChI is InChI=1S/C13H20ClN3O/c1-4-11-15-12(14)9(2)13(16-11)17(7-8-18-3)10-5-6-10/h10H,4-8H2,1-3H3. The molecule has 1 aromatic heterocycles. The SMILES string of the molecule is CCc1nc(Cl)c(C)c(N(CCOC)C2CC2)n1. The summed E-state index contributed by atoms with van der Waals surface area (Å²) in [4.78, 5) is 11.2. The highest BCUT2D eigenvalue weighted by molar-refractivity contribution is 6.30. The van der Waals surface area contributed by atoms with Crippen LogP contribution in [0.25, 0.3) is 0 Å². The zero-order valence-corrected chi connectivity index (χ0v) is 12.0. The first-order valence-electron chi connectivity index (χ1n) is 6.46. The number of ether oxygens (including phenoxy) is 1. The van der Waals surface area contributed by atoms with Crippen LogP contribution < -0.4 is 4.90 Å². The number of methoxy groups -OCH3 is 1. The van der Waals surface area contributed by atoms with E-state index >= 15 is 0 Å². The Balaban J connectivity index is 2.30. The van der Waals surface area contributed by atoms with E-state index in [1.165, 1.54) is 12.8 Å². The predicted octanol–water partition coefficient (Wildman–Crippen LogP) is 2.62. The molecule has 0 saturated heterocycles. The molecule has 1 saturated carbocycles. The van der Waals surface area contributed by atoms with E-state index in [0.29, 0.717) is 17.8 Å². The van der Waals surface area contributed by atoms with Gasteiger partial charge in [0.1, 0.15) is 16.8 Å². The van der Waals surface area contributed by atoms with Crippen molar-refractivity contribution in [1.82, 2.24) is 9.97 Å². The third kappa shape index (κ3) is 2.93. The van der Waals surface area contributed by atoms with Crippen LogP contribution >= 0.6 is 11.6 Å². The number of rotatable bonds is 6. The lowest BCUT2D eigenvalue weighted by Crippen LogP contribution is -2.31. The zero-order chi connectivity index (χ0) is 13.1. The van der Waals surface area contributed by atoms with Crippen LogP contribution in [0.3, 0.4) is 0 Å². The van der Waals surface area contributed by atoms with E-state index in [4.69, 9.17) is 16.3 Å². The van der Waals surface area contributed by atoms with Crippen LogP contribution in [0.2, 0.25) is 5.15 Å². The second-order valence-corrected chi connectivity index (χ2v) is 5.01. The quantitative estimate of drug-likeness (QED) is 0.744. The molecule has 0 aromatic carbocycles. The van der Waals surface area contributed by atoms with Gasteiger partial charge in [0.25, 0.3) is 0 Å². The van der Waals surface area contributed by atoms with E-state index in [9.17, 15) is 0 Å². The maximum Gasteiger partial charge on any atom is 0.137 e. The summed E-state index contributed by atoms with van der Waals surface area (Å²) in [6.45, 7) is 5.60. The minimum Gasteiger partial charge on any atom is -0.383 e. The molecule has 1 aliphatic carbocycles. The largest absolute Gasteiger partial charge is 0.383 e. The Morgan fingerprint density at radius 1 is 1.39 bits per heavy atom. The molecule has 0 unspecified atom stereocenters. The summed E-state index contributed by atoms with van der Waals surface area (Å²) in [5, 5.41) is 0.569. The van der Waals surface area contributed by atoms with Crippen molar-refractivity contribution in [3.8, 4) is 0 Å². The Labute approximate surface area is 113 Å². The molecular formula is C13H20ClN3O. The number of aryl methyl sites for hydroxylation is 1. The van der Waals surface area contributed by atoms with E-state index in [1.807, 2.05) is 13.8 Å². The Bertz CT molecular complexity index is 421. The molecule has 0 spiro atoms. The molecule has 2 rings (SSSR count). The maximum atomic E-state index is 6.19. The normalized spacial score (nSPS) is 14.9. The van der Waals surface area contributed by atoms with Crippen LogP contribution in [-0.2, 0) is 11.2 Å². The summed E-state index contributed by atoms with van der Waals surface area (Å²) in [5.74, 6) is 1.79. The molecule has 0 radical (unpaired) electrons. The summed E-state index contributed by atoms with van der Waals surface area (Å²) in [5.41, 5.74) is 0.969. The molecule has 18 heavy (non-hydrogen) atoms. The third-order valence-electron chi connectivity index (χ3n) is 3.22. The molecule has 0 atom stereocenters. The van der Waals surface area contributed by atoms with Crippen molar-refractivity contribution in [3.63, 3.8) is 0 Å². The molecule has 0 amide bonds. The lowest BCUT2D eigenvalue weighted by atomic mass is 10.3. The average molecular weight is 270 g/mol. The van der Waals surface area contributed by atoms with Crippen LogP contribution in [0.1, 0.15) is 31.2 Å². The summed E-state index contributed by atoms with van der Waals surface area (Å²) in [7, 11) is 1.72. The molecule has 0 bridgehead atoms. The highest BCUT2D eigenvalue weighted by atomic mass is 35.5. The van der Waals surface area contributed by atoms with E-state index in [2.05, 4.69) is 14.9 Å². The zero-order valence-electron chi connectivity index (χ0n) is 11.2. The van der Waals surface area contributed by atoms with Crippen LogP contribution in [-0.4, -0.2) is 36.3 Å². The van der Waals surface area contributed by atoms with Gasteiger partial charge in [-0.15, -0.1) is 0 Å². The minimum atomic E-state index is 0.569. The first-order chi connectivity index (χ1) is 8.67. The molecular weight excluding hydrogens is 250 g/mol. The number of hydrogen-bond acceptors (Lipinski definition) is 4. The van der Waals surface area contributed by atoms with Gasteiger partial charge < -0.3 is 9.64 Å². The highest BCUT2D eigenvalue weighted by Gasteiger charge is 2.31. The summed E-state index contributed by atoms with van der Waals surface area (Å²) < 4.78 is 5.18. The Morgan fingerprint density at radius 3 is 2.67 bits per heavy atom. The minimum absolute atomic E-state index is 0.569. The second kappa shape index (κ2) is 5.85. The third-order valence-corrected chi connectivity index (χ3v) is 3.59. The monoisotopic (exact) mass is 269 g/mol. The van der Waals surface area contributed by atoms with Gasteiger partial charge in [-0.25, -0.2) is 9.97 Å². The first-order valence-corrected chi connectivity index (χ1v) is 6.83. The van der Waals surface area contributed by atoms with Crippen LogP contribution in [0.5, 0.6) is 0 Å². The lowest BCUT2D eigenvalue weighted by molar-refractivity contribution is 0.204. The van der Waals surface area contributed by atoms with E-state index in [1.54, 1.807) is 7.11 Å². The number of halogens is 1. The number of nitrogens with zero attached hydrogens (tertiary/aromatic N) is 3. The molecule has 0 aliphatic heterocycles. The van der Waals surface area contributed by atoms with Gasteiger partial charge >= 0.3 is 0 Å². The summed E-state index contributed by atoms with van der Waals surface area (Å²) >= 11 is 6.19. The molecule has 0 N–H and O–H groups in total. The van der Waals surface area contributed by atoms with Crippen molar-refractivity contribution < 1.29 is 4.74 Å². The predicted molar refractivity (Wildman–Crippen MR) is 73.4 cm³/mol. The van der Waals surface area contributed by atoms with Crippen molar-refractivity contribution in [3.05, 3.63) is 16.5 Å². The first kappa shape index (κ1) is 13.6. The van der Waals surface area contributed by atoms with Gasteiger partial charge in [0, 0.05) is 31.7 Å². The van der Waals surface area contributed by atoms with Gasteiger partial charge in [0.15, 0.2) is 0 Å². The number of hydrogen-bond donors (Lipinski definition) is 0. The van der Waals surface area contributed by atoms with Gasteiger partial charge in [-0.2, -0.15) is 0 Å².